The second kappa shape index (κ2) is 15.0. The van der Waals surface area contributed by atoms with E-state index in [0.717, 1.165) is 27.6 Å². The Labute approximate surface area is 250 Å². The summed E-state index contributed by atoms with van der Waals surface area (Å²) in [7, 11) is 0. The fourth-order valence-corrected chi connectivity index (χ4v) is 4.93. The number of hydrogen-bond donors (Lipinski definition) is 0. The number of carboxylic acids is 1. The summed E-state index contributed by atoms with van der Waals surface area (Å²) in [5.41, 5.74) is 4.39. The van der Waals surface area contributed by atoms with Gasteiger partial charge in [0.05, 0.1) is 17.9 Å². The van der Waals surface area contributed by atoms with Crippen molar-refractivity contribution in [1.82, 2.24) is 9.97 Å². The maximum atomic E-state index is 11.0. The molecule has 2 heterocycles. The van der Waals surface area contributed by atoms with Crippen LogP contribution in [0.5, 0.6) is 11.5 Å². The number of nitrogens with zero attached hydrogens (tertiary/aromatic N) is 2. The van der Waals surface area contributed by atoms with E-state index in [9.17, 15) is 9.90 Å². The van der Waals surface area contributed by atoms with Gasteiger partial charge in [0.25, 0.3) is 0 Å². The van der Waals surface area contributed by atoms with Crippen LogP contribution >= 0.6 is 11.3 Å². The number of carbonyl (C=O) groups excluding carboxylic acids is 1. The minimum atomic E-state index is -1.29. The third kappa shape index (κ3) is 8.40. The molecule has 0 saturated heterocycles. The van der Waals surface area contributed by atoms with Crippen molar-refractivity contribution in [3.8, 4) is 22.8 Å². The van der Waals surface area contributed by atoms with Crippen molar-refractivity contribution in [3.05, 3.63) is 94.1 Å². The molecule has 2 aromatic heterocycles. The van der Waals surface area contributed by atoms with Gasteiger partial charge in [-0.25, -0.2) is 4.98 Å². The minimum Gasteiger partial charge on any atom is -0.545 e. The Hall–Kier alpha value is -2.71. The first-order chi connectivity index (χ1) is 18.1. The summed E-state index contributed by atoms with van der Waals surface area (Å²) in [4.78, 5) is 19.5. The van der Waals surface area contributed by atoms with Gasteiger partial charge < -0.3 is 19.4 Å². The quantitative estimate of drug-likeness (QED) is 0.243. The number of thiazole rings is 1. The first-order valence-electron chi connectivity index (χ1n) is 12.6. The molecule has 0 saturated carbocycles. The first kappa shape index (κ1) is 29.8. The van der Waals surface area contributed by atoms with Crippen LogP contribution in [-0.2, 0) is 13.2 Å². The molecular formula is C30H31N2NaO4S. The molecule has 192 valence electrons. The summed E-state index contributed by atoms with van der Waals surface area (Å²) in [6, 6.07) is 18.1. The molecule has 0 amide bonds. The maximum absolute atomic E-state index is 11.0. The monoisotopic (exact) mass is 538 g/mol. The van der Waals surface area contributed by atoms with Gasteiger partial charge in [0.2, 0.25) is 0 Å². The van der Waals surface area contributed by atoms with Crippen LogP contribution in [0, 0.1) is 0 Å². The molecular weight excluding hydrogens is 507 g/mol. The average Bonchev–Trinajstić information content (AvgIpc) is 3.40. The van der Waals surface area contributed by atoms with Crippen LogP contribution in [-0.4, -0.2) is 15.9 Å². The largest absolute Gasteiger partial charge is 1.00 e. The Morgan fingerprint density at radius 3 is 2.26 bits per heavy atom. The van der Waals surface area contributed by atoms with E-state index in [1.807, 2.05) is 29.6 Å². The predicted octanol–water partition coefficient (Wildman–Crippen LogP) is 3.41. The second-order valence-corrected chi connectivity index (χ2v) is 9.88. The number of aromatic nitrogens is 2. The molecule has 0 fully saturated rings. The fourth-order valence-electron chi connectivity index (χ4n) is 4.21. The summed E-state index contributed by atoms with van der Waals surface area (Å²) >= 11 is 1.48. The van der Waals surface area contributed by atoms with Crippen LogP contribution < -0.4 is 44.1 Å². The molecule has 0 atom stereocenters. The van der Waals surface area contributed by atoms with E-state index in [1.165, 1.54) is 61.0 Å². The Kier molecular flexibility index (Phi) is 11.8. The molecule has 0 unspecified atom stereocenters. The van der Waals surface area contributed by atoms with Gasteiger partial charge in [-0.05, 0) is 60.2 Å². The van der Waals surface area contributed by atoms with Gasteiger partial charge in [-0.2, -0.15) is 0 Å². The molecule has 0 aliphatic rings. The normalized spacial score (nSPS) is 10.7. The smallest absolute Gasteiger partial charge is 0.545 e. The van der Waals surface area contributed by atoms with Crippen molar-refractivity contribution >= 4 is 17.3 Å². The summed E-state index contributed by atoms with van der Waals surface area (Å²) in [5.74, 6) is 0.522. The molecule has 2 aromatic carbocycles. The SMILES string of the molecule is CCCC(CCC)c1ccc(COc2ccc(-c3csc(COc4cncc(C(=O)[O-])c4)n3)cc2)cc1.[Na+]. The zero-order valence-corrected chi connectivity index (χ0v) is 25.0. The Morgan fingerprint density at radius 1 is 0.921 bits per heavy atom. The van der Waals surface area contributed by atoms with E-state index < -0.39 is 5.97 Å². The number of hydrogen-bond acceptors (Lipinski definition) is 7. The molecule has 0 radical (unpaired) electrons. The van der Waals surface area contributed by atoms with Gasteiger partial charge >= 0.3 is 29.6 Å². The Balaban J connectivity index is 0.00000400. The molecule has 0 bridgehead atoms. The zero-order chi connectivity index (χ0) is 26.0. The zero-order valence-electron chi connectivity index (χ0n) is 22.2. The van der Waals surface area contributed by atoms with Crippen molar-refractivity contribution in [2.24, 2.45) is 0 Å². The van der Waals surface area contributed by atoms with Crippen molar-refractivity contribution in [3.63, 3.8) is 0 Å². The third-order valence-electron chi connectivity index (χ3n) is 6.14. The minimum absolute atomic E-state index is 0. The summed E-state index contributed by atoms with van der Waals surface area (Å²) in [6.45, 7) is 5.25. The van der Waals surface area contributed by atoms with Crippen LogP contribution in [0.15, 0.2) is 72.4 Å². The van der Waals surface area contributed by atoms with E-state index in [-0.39, 0.29) is 41.7 Å². The topological polar surface area (TPSA) is 84.4 Å². The molecule has 8 heteroatoms. The molecule has 0 aliphatic carbocycles. The Bertz CT molecular complexity index is 1290. The Morgan fingerprint density at radius 2 is 1.61 bits per heavy atom. The molecule has 6 nitrogen and oxygen atoms in total. The van der Waals surface area contributed by atoms with E-state index in [1.54, 1.807) is 0 Å². The van der Waals surface area contributed by atoms with E-state index >= 15 is 0 Å². The number of ether oxygens (including phenoxy) is 2. The molecule has 38 heavy (non-hydrogen) atoms. The van der Waals surface area contributed by atoms with Crippen LogP contribution in [0.3, 0.4) is 0 Å². The standard InChI is InChI=1S/C30H32N2O4S.Na/c1-3-5-22(6-4-2)23-9-7-21(8-10-23)18-35-26-13-11-24(12-14-26)28-20-37-29(32-28)19-36-27-15-25(30(33)34)16-31-17-27;/h7-17,20,22H,3-6,18-19H2,1-2H3,(H,33,34);/q;+1/p-1. The van der Waals surface area contributed by atoms with Gasteiger partial charge in [0, 0.05) is 22.7 Å². The maximum Gasteiger partial charge on any atom is 1.00 e. The van der Waals surface area contributed by atoms with Crippen molar-refractivity contribution in [1.29, 1.82) is 0 Å². The van der Waals surface area contributed by atoms with Crippen molar-refractivity contribution in [2.75, 3.05) is 0 Å². The van der Waals surface area contributed by atoms with Crippen LogP contribution in [0.2, 0.25) is 0 Å². The van der Waals surface area contributed by atoms with Crippen LogP contribution in [0.1, 0.15) is 71.9 Å². The fraction of sp³-hybridized carbons (Fsp3) is 0.300. The van der Waals surface area contributed by atoms with Crippen LogP contribution in [0.25, 0.3) is 11.3 Å². The molecule has 0 aliphatic heterocycles. The molecule has 4 aromatic rings. The van der Waals surface area contributed by atoms with E-state index in [4.69, 9.17) is 9.47 Å². The molecule has 4 rings (SSSR count). The van der Waals surface area contributed by atoms with Gasteiger partial charge in [-0.15, -0.1) is 11.3 Å². The van der Waals surface area contributed by atoms with E-state index in [2.05, 4.69) is 48.1 Å². The van der Waals surface area contributed by atoms with Crippen molar-refractivity contribution < 1.29 is 48.9 Å². The predicted molar refractivity (Wildman–Crippen MR) is 144 cm³/mol. The summed E-state index contributed by atoms with van der Waals surface area (Å²) < 4.78 is 11.7. The average molecular weight is 539 g/mol. The van der Waals surface area contributed by atoms with Crippen molar-refractivity contribution in [2.45, 2.75) is 58.7 Å². The first-order valence-corrected chi connectivity index (χ1v) is 13.5. The number of rotatable bonds is 13. The number of benzene rings is 2. The second-order valence-electron chi connectivity index (χ2n) is 8.94. The number of carbonyl (C=O) groups is 1. The molecule has 0 spiro atoms. The van der Waals surface area contributed by atoms with Gasteiger partial charge in [-0.3, -0.25) is 4.98 Å². The summed E-state index contributed by atoms with van der Waals surface area (Å²) in [5, 5.41) is 13.7. The number of pyridine rings is 1. The van der Waals surface area contributed by atoms with Gasteiger partial charge in [0.15, 0.2) is 0 Å². The van der Waals surface area contributed by atoms with Gasteiger partial charge in [-0.1, -0.05) is 51.0 Å². The van der Waals surface area contributed by atoms with Gasteiger partial charge in [0.1, 0.15) is 29.7 Å². The molecule has 0 N–H and O–H groups in total. The van der Waals surface area contributed by atoms with Crippen LogP contribution in [0.4, 0.5) is 0 Å². The van der Waals surface area contributed by atoms with E-state index in [0.29, 0.717) is 18.3 Å². The number of aromatic carboxylic acids is 1. The number of carboxylic acid groups (broad SMARTS) is 1. The third-order valence-corrected chi connectivity index (χ3v) is 6.97. The summed E-state index contributed by atoms with van der Waals surface area (Å²) in [6.07, 6.45) is 7.58.